The number of aryl methyl sites for hydroxylation is 2. The van der Waals surface area contributed by atoms with Crippen molar-refractivity contribution < 1.29 is 22.9 Å². The molecule has 0 amide bonds. The third-order valence-corrected chi connectivity index (χ3v) is 23.0. The highest BCUT2D eigenvalue weighted by atomic mass is 16.7. The van der Waals surface area contributed by atoms with Crippen molar-refractivity contribution in [2.75, 3.05) is 85.3 Å². The number of hydrogen-bond donors (Lipinski definition) is 0. The van der Waals surface area contributed by atoms with Crippen molar-refractivity contribution in [1.82, 2.24) is 0 Å². The van der Waals surface area contributed by atoms with E-state index >= 15 is 0 Å². The maximum atomic E-state index is 7.13. The number of unbranched alkanes of at least 4 members (excludes halogenated alkanes) is 14. The van der Waals surface area contributed by atoms with Gasteiger partial charge in [0, 0.05) is 23.6 Å². The molecule has 0 N–H and O–H groups in total. The Morgan fingerprint density at radius 1 is 0.320 bits per heavy atom. The van der Waals surface area contributed by atoms with E-state index in [-0.39, 0.29) is 74.3 Å². The van der Waals surface area contributed by atoms with Crippen LogP contribution in [0.25, 0.3) is 0 Å². The molecule has 0 saturated heterocycles. The van der Waals surface area contributed by atoms with Gasteiger partial charge in [-0.1, -0.05) is 255 Å². The van der Waals surface area contributed by atoms with Crippen molar-refractivity contribution in [1.29, 1.82) is 0 Å². The molecule has 0 radical (unpaired) electrons. The number of rotatable bonds is 52. The highest BCUT2D eigenvalue weighted by molar-refractivity contribution is 5.86. The van der Waals surface area contributed by atoms with E-state index in [1.54, 1.807) is 5.56 Å². The van der Waals surface area contributed by atoms with E-state index in [9.17, 15) is 0 Å². The topological polar surface area (TPSA) is 43.2 Å². The van der Waals surface area contributed by atoms with Crippen LogP contribution in [-0.2, 0) is 10.8 Å². The van der Waals surface area contributed by atoms with E-state index < -0.39 is 0 Å². The van der Waals surface area contributed by atoms with Crippen molar-refractivity contribution in [3.8, 4) is 11.5 Å². The van der Waals surface area contributed by atoms with Gasteiger partial charge in [-0.15, -0.1) is 0 Å². The summed E-state index contributed by atoms with van der Waals surface area (Å²) in [6.07, 6.45) is 54.3. The summed E-state index contributed by atoms with van der Waals surface area (Å²) in [5.41, 5.74) is 7.99. The molecule has 0 aromatic heterocycles. The van der Waals surface area contributed by atoms with Crippen molar-refractivity contribution >= 4 is 12.4 Å². The molecule has 1 aliphatic carbocycles. The smallest absolute Gasteiger partial charge is 0.230 e. The van der Waals surface area contributed by atoms with Crippen molar-refractivity contribution in [3.05, 3.63) is 57.6 Å². The Morgan fingerprint density at radius 3 is 0.856 bits per heavy atom. The Morgan fingerprint density at radius 2 is 0.567 bits per heavy atom. The fraction of sp³-hybridized carbons (Fsp3) is 0.844. The lowest BCUT2D eigenvalue weighted by Gasteiger charge is -2.43. The lowest BCUT2D eigenvalue weighted by Crippen LogP contribution is -2.51. The van der Waals surface area contributed by atoms with Crippen LogP contribution < -0.4 is 9.47 Å². The normalized spacial score (nSPS) is 15.0. The van der Waals surface area contributed by atoms with Gasteiger partial charge in [-0.05, 0) is 194 Å². The van der Waals surface area contributed by atoms with Gasteiger partial charge in [-0.3, -0.25) is 9.98 Å². The second-order valence-electron chi connectivity index (χ2n) is 30.6. The summed E-state index contributed by atoms with van der Waals surface area (Å²) in [5, 5.41) is 0. The van der Waals surface area contributed by atoms with Crippen LogP contribution >= 0.6 is 0 Å². The zero-order chi connectivity index (χ0) is 66.1. The number of hydrogen-bond acceptors (Lipinski definition) is 4. The predicted octanol–water partition coefficient (Wildman–Crippen LogP) is 27.5. The number of ether oxygens (including phenoxy) is 2. The number of nitrogens with zero attached hydrogens (tertiary/aromatic N) is 5. The van der Waals surface area contributed by atoms with Gasteiger partial charge in [0.1, 0.15) is 11.5 Å². The molecular formula is C90H178N5O2+3. The molecule has 2 aliphatic rings. The average Bonchev–Trinajstić information content (AvgIpc) is 1.15. The van der Waals surface area contributed by atoms with Crippen LogP contribution in [0.4, 0.5) is 0 Å². The lowest BCUT2D eigenvalue weighted by molar-refractivity contribution is -0.929. The van der Waals surface area contributed by atoms with Crippen molar-refractivity contribution in [3.63, 3.8) is 0 Å². The maximum absolute atomic E-state index is 7.13. The zero-order valence-corrected chi connectivity index (χ0v) is 63.4. The van der Waals surface area contributed by atoms with E-state index in [0.29, 0.717) is 0 Å². The molecule has 97 heavy (non-hydrogen) atoms. The molecular weight excluding hydrogens is 1180 g/mol. The van der Waals surface area contributed by atoms with Gasteiger partial charge < -0.3 is 22.9 Å². The Balaban J connectivity index is -0.0000147. The lowest BCUT2D eigenvalue weighted by atomic mass is 9.69. The number of fused-ring (bicyclic) bond motifs is 3. The molecule has 1 heterocycles. The molecule has 0 unspecified atom stereocenters. The van der Waals surface area contributed by atoms with E-state index in [4.69, 9.17) is 19.5 Å². The van der Waals surface area contributed by atoms with Crippen LogP contribution in [0.15, 0.2) is 34.3 Å². The highest BCUT2D eigenvalue weighted by Gasteiger charge is 2.38. The van der Waals surface area contributed by atoms with Crippen LogP contribution in [-0.4, -0.2) is 123 Å². The molecule has 4 rings (SSSR count). The summed E-state index contributed by atoms with van der Waals surface area (Å²) in [5.74, 6) is 1.88. The van der Waals surface area contributed by atoms with Crippen LogP contribution in [0.5, 0.6) is 11.5 Å². The second-order valence-corrected chi connectivity index (χ2v) is 30.6. The Labute approximate surface area is 611 Å². The van der Waals surface area contributed by atoms with Gasteiger partial charge in [0.25, 0.3) is 0 Å². The summed E-state index contributed by atoms with van der Waals surface area (Å²) in [4.78, 5) is 11.3. The summed E-state index contributed by atoms with van der Waals surface area (Å²) < 4.78 is 18.2. The van der Waals surface area contributed by atoms with Crippen molar-refractivity contribution in [2.24, 2.45) is 9.98 Å². The average molecular weight is 1360 g/mol. The summed E-state index contributed by atoms with van der Waals surface area (Å²) in [6.45, 7) is 49.8. The molecule has 2 atom stereocenters. The molecule has 0 bridgehead atoms. The van der Waals surface area contributed by atoms with Gasteiger partial charge >= 0.3 is 0 Å². The zero-order valence-electron chi connectivity index (χ0n) is 63.4. The van der Waals surface area contributed by atoms with Gasteiger partial charge in [0.05, 0.1) is 90.6 Å². The van der Waals surface area contributed by atoms with E-state index in [0.717, 1.165) is 35.5 Å². The largest absolute Gasteiger partial charge is 0.457 e. The monoisotopic (exact) mass is 1360 g/mol. The first-order valence-corrected chi connectivity index (χ1v) is 40.5. The number of aliphatic imine (C=N–C) groups is 2. The van der Waals surface area contributed by atoms with Gasteiger partial charge in [-0.25, -0.2) is 0 Å². The molecule has 7 nitrogen and oxygen atoms in total. The first-order valence-electron chi connectivity index (χ1n) is 40.5. The standard InChI is InChI=1S/C84H154N5O2.6CH4/c1-15-27-41-50-84(52-44-64-88(57-33-21-7,58-34-22-8)59-35-23-9,53-45-65-89(60-36-24-10,61-37-25-11)62-38-26-12)78-67-74(14)82-76(69-78)71-86-80-47-40-39-46-79(80)85-70-75-68-77(66-73(13)81(75)90-72-91-82)83(48-28-16-2,49-29-17-3)51-42-43-63-87(54-30-18-4,55-31-19-5)56-32-20-6;;;;;;/h66-71,79-80H,15-65,72H2,1-14H3;6*1H4/q+3;;;;;;/t79-,80-;;;;;;/m0....../s1. The number of benzene rings is 2. The van der Waals surface area contributed by atoms with Crippen molar-refractivity contribution in [2.45, 2.75) is 415 Å². The maximum Gasteiger partial charge on any atom is 0.230 e. The van der Waals surface area contributed by atoms with Gasteiger partial charge in [0.2, 0.25) is 6.79 Å². The van der Waals surface area contributed by atoms with Crippen LogP contribution in [0.3, 0.4) is 0 Å². The molecule has 572 valence electrons. The first kappa shape index (κ1) is 98.4. The third-order valence-electron chi connectivity index (χ3n) is 23.0. The third kappa shape index (κ3) is 32.6. The van der Waals surface area contributed by atoms with E-state index in [1.165, 1.54) is 346 Å². The molecule has 2 aromatic carbocycles. The Bertz CT molecular complexity index is 2140. The van der Waals surface area contributed by atoms with Gasteiger partial charge in [-0.2, -0.15) is 0 Å². The fourth-order valence-electron chi connectivity index (χ4n) is 17.0. The summed E-state index contributed by atoms with van der Waals surface area (Å²) >= 11 is 0. The SMILES string of the molecule is C.C.C.C.C.C.CCCCCC(CCC[N+](CCCC)(CCCC)CCCC)(CCC[N+](CCCC)(CCCC)CCCC)c1cc(C)c2c(c1)C=N[C@H]1CCCC[C@@H]1N=Cc1cc(C(CCCC)(CCCC)CCCC[N+](CCCC)(CCCC)CCCC)cc(C)c1OCO2. The fourth-order valence-corrected chi connectivity index (χ4v) is 17.0. The van der Waals surface area contributed by atoms with E-state index in [1.807, 2.05) is 0 Å². The Hall–Kier alpha value is -2.74. The molecule has 1 fully saturated rings. The predicted molar refractivity (Wildman–Crippen MR) is 442 cm³/mol. The second kappa shape index (κ2) is 55.8. The quantitative estimate of drug-likeness (QED) is 0.0489. The summed E-state index contributed by atoms with van der Waals surface area (Å²) in [7, 11) is 0. The minimum atomic E-state index is 0. The highest BCUT2D eigenvalue weighted by Crippen LogP contribution is 2.45. The van der Waals surface area contributed by atoms with Gasteiger partial charge in [0.15, 0.2) is 0 Å². The minimum Gasteiger partial charge on any atom is -0.457 e. The molecule has 7 heteroatoms. The molecule has 1 saturated carbocycles. The Kier molecular flexibility index (Phi) is 56.6. The van der Waals surface area contributed by atoms with Crippen LogP contribution in [0, 0.1) is 13.8 Å². The van der Waals surface area contributed by atoms with Crippen LogP contribution in [0.1, 0.15) is 411 Å². The number of quaternary nitrogens is 3. The molecule has 0 spiro atoms. The van der Waals surface area contributed by atoms with E-state index in [2.05, 4.69) is 134 Å². The molecule has 2 aromatic rings. The minimum absolute atomic E-state index is 0. The molecule has 1 aliphatic heterocycles. The first-order chi connectivity index (χ1) is 44.3. The van der Waals surface area contributed by atoms with Crippen LogP contribution in [0.2, 0.25) is 0 Å². The summed E-state index contributed by atoms with van der Waals surface area (Å²) in [6, 6.07) is 10.6.